The molecule has 0 aliphatic rings. The van der Waals surface area contributed by atoms with Crippen molar-refractivity contribution in [2.75, 3.05) is 13.7 Å². The molecule has 1 aromatic heterocycles. The molecule has 1 N–H and O–H groups in total. The average molecular weight is 271 g/mol. The Bertz CT molecular complexity index is 546. The van der Waals surface area contributed by atoms with Gasteiger partial charge in [-0.05, 0) is 32.0 Å². The summed E-state index contributed by atoms with van der Waals surface area (Å²) in [4.78, 5) is 0. The number of hydrogen-bond donors (Lipinski definition) is 1. The van der Waals surface area contributed by atoms with Gasteiger partial charge in [-0.15, -0.1) is 10.2 Å². The maximum atomic E-state index is 5.06. The van der Waals surface area contributed by atoms with Gasteiger partial charge in [-0.25, -0.2) is 0 Å². The number of nitrogens with one attached hydrogen (secondary N) is 1. The van der Waals surface area contributed by atoms with Crippen molar-refractivity contribution in [1.82, 2.24) is 15.5 Å². The molecule has 0 saturated heterocycles. The Morgan fingerprint density at radius 3 is 2.30 bits per heavy atom. The minimum absolute atomic E-state index is 0.0528. The second-order valence-corrected chi connectivity index (χ2v) is 4.91. The standard InChI is InChI=1S/C16H21N3O/c1-5-17-16(13-9-11(2)8-12(3)10-13)14-6-7-15(20-4)19-18-14/h6-10,16-17H,5H2,1-4H3. The summed E-state index contributed by atoms with van der Waals surface area (Å²) in [5.41, 5.74) is 4.62. The van der Waals surface area contributed by atoms with Crippen LogP contribution in [0.15, 0.2) is 30.3 Å². The normalized spacial score (nSPS) is 12.2. The van der Waals surface area contributed by atoms with E-state index in [1.807, 2.05) is 12.1 Å². The number of nitrogens with zero attached hydrogens (tertiary/aromatic N) is 2. The van der Waals surface area contributed by atoms with Gasteiger partial charge in [-0.3, -0.25) is 0 Å². The van der Waals surface area contributed by atoms with Crippen LogP contribution in [-0.2, 0) is 0 Å². The lowest BCUT2D eigenvalue weighted by atomic mass is 9.99. The van der Waals surface area contributed by atoms with Crippen LogP contribution in [0.2, 0.25) is 0 Å². The van der Waals surface area contributed by atoms with E-state index in [4.69, 9.17) is 4.74 Å². The Kier molecular flexibility index (Phi) is 4.69. The first-order valence-corrected chi connectivity index (χ1v) is 6.83. The Balaban J connectivity index is 2.38. The van der Waals surface area contributed by atoms with Crippen molar-refractivity contribution in [3.63, 3.8) is 0 Å². The molecule has 1 atom stereocenters. The molecule has 1 heterocycles. The van der Waals surface area contributed by atoms with Gasteiger partial charge in [0, 0.05) is 6.07 Å². The van der Waals surface area contributed by atoms with Gasteiger partial charge in [-0.1, -0.05) is 36.2 Å². The van der Waals surface area contributed by atoms with Gasteiger partial charge >= 0.3 is 0 Å². The molecule has 2 aromatic rings. The Hall–Kier alpha value is -1.94. The second-order valence-electron chi connectivity index (χ2n) is 4.91. The lowest BCUT2D eigenvalue weighted by Gasteiger charge is -2.18. The van der Waals surface area contributed by atoms with E-state index in [2.05, 4.69) is 54.5 Å². The third-order valence-corrected chi connectivity index (χ3v) is 3.15. The molecule has 2 rings (SSSR count). The van der Waals surface area contributed by atoms with Gasteiger partial charge < -0.3 is 10.1 Å². The fraction of sp³-hybridized carbons (Fsp3) is 0.375. The van der Waals surface area contributed by atoms with Gasteiger partial charge in [0.2, 0.25) is 5.88 Å². The molecule has 0 amide bonds. The summed E-state index contributed by atoms with van der Waals surface area (Å²) in [6.45, 7) is 7.18. The largest absolute Gasteiger partial charge is 0.480 e. The van der Waals surface area contributed by atoms with Gasteiger partial charge in [0.15, 0.2) is 0 Å². The third-order valence-electron chi connectivity index (χ3n) is 3.15. The van der Waals surface area contributed by atoms with Crippen LogP contribution in [0.5, 0.6) is 5.88 Å². The summed E-state index contributed by atoms with van der Waals surface area (Å²) in [6, 6.07) is 10.4. The lowest BCUT2D eigenvalue weighted by Crippen LogP contribution is -2.23. The van der Waals surface area contributed by atoms with E-state index in [-0.39, 0.29) is 6.04 Å². The van der Waals surface area contributed by atoms with Crippen molar-refractivity contribution in [2.45, 2.75) is 26.8 Å². The van der Waals surface area contributed by atoms with E-state index < -0.39 is 0 Å². The summed E-state index contributed by atoms with van der Waals surface area (Å²) in [5, 5.41) is 11.8. The highest BCUT2D eigenvalue weighted by Crippen LogP contribution is 2.23. The first-order valence-electron chi connectivity index (χ1n) is 6.83. The molecule has 4 nitrogen and oxygen atoms in total. The van der Waals surface area contributed by atoms with Crippen molar-refractivity contribution in [1.29, 1.82) is 0 Å². The van der Waals surface area contributed by atoms with E-state index in [1.165, 1.54) is 16.7 Å². The van der Waals surface area contributed by atoms with E-state index in [1.54, 1.807) is 7.11 Å². The highest BCUT2D eigenvalue weighted by molar-refractivity contribution is 5.35. The molecular weight excluding hydrogens is 250 g/mol. The first-order chi connectivity index (χ1) is 9.63. The van der Waals surface area contributed by atoms with Crippen LogP contribution in [0, 0.1) is 13.8 Å². The monoisotopic (exact) mass is 271 g/mol. The van der Waals surface area contributed by atoms with Gasteiger partial charge in [-0.2, -0.15) is 0 Å². The van der Waals surface area contributed by atoms with Crippen molar-refractivity contribution in [2.24, 2.45) is 0 Å². The zero-order valence-corrected chi connectivity index (χ0v) is 12.5. The van der Waals surface area contributed by atoms with Crippen molar-refractivity contribution in [3.8, 4) is 5.88 Å². The minimum atomic E-state index is 0.0528. The van der Waals surface area contributed by atoms with E-state index in [0.29, 0.717) is 5.88 Å². The predicted molar refractivity (Wildman–Crippen MR) is 80.0 cm³/mol. The highest BCUT2D eigenvalue weighted by Gasteiger charge is 2.15. The van der Waals surface area contributed by atoms with Crippen LogP contribution in [0.1, 0.15) is 35.3 Å². The van der Waals surface area contributed by atoms with Crippen LogP contribution < -0.4 is 10.1 Å². The first kappa shape index (κ1) is 14.5. The fourth-order valence-corrected chi connectivity index (χ4v) is 2.37. The van der Waals surface area contributed by atoms with Crippen LogP contribution >= 0.6 is 0 Å². The zero-order valence-electron chi connectivity index (χ0n) is 12.5. The fourth-order valence-electron chi connectivity index (χ4n) is 2.37. The number of methoxy groups -OCH3 is 1. The van der Waals surface area contributed by atoms with Crippen LogP contribution in [-0.4, -0.2) is 23.9 Å². The molecule has 0 radical (unpaired) electrons. The van der Waals surface area contributed by atoms with Gasteiger partial charge in [0.1, 0.15) is 0 Å². The molecule has 106 valence electrons. The van der Waals surface area contributed by atoms with E-state index in [9.17, 15) is 0 Å². The quantitative estimate of drug-likeness (QED) is 0.908. The number of benzene rings is 1. The molecular formula is C16H21N3O. The SMILES string of the molecule is CCNC(c1cc(C)cc(C)c1)c1ccc(OC)nn1. The number of aromatic nitrogens is 2. The maximum Gasteiger partial charge on any atom is 0.233 e. The molecule has 0 fully saturated rings. The Morgan fingerprint density at radius 2 is 1.80 bits per heavy atom. The second kappa shape index (κ2) is 6.48. The maximum absolute atomic E-state index is 5.06. The highest BCUT2D eigenvalue weighted by atomic mass is 16.5. The van der Waals surface area contributed by atoms with Crippen LogP contribution in [0.3, 0.4) is 0 Å². The van der Waals surface area contributed by atoms with E-state index >= 15 is 0 Å². The molecule has 0 spiro atoms. The van der Waals surface area contributed by atoms with Crippen molar-refractivity contribution in [3.05, 3.63) is 52.7 Å². The Labute approximate surface area is 120 Å². The molecule has 1 aromatic carbocycles. The molecule has 0 saturated carbocycles. The van der Waals surface area contributed by atoms with Crippen molar-refractivity contribution < 1.29 is 4.74 Å². The minimum Gasteiger partial charge on any atom is -0.480 e. The number of ether oxygens (including phenoxy) is 1. The summed E-state index contributed by atoms with van der Waals surface area (Å²) in [5.74, 6) is 0.532. The third kappa shape index (κ3) is 3.33. The summed E-state index contributed by atoms with van der Waals surface area (Å²) in [6.07, 6.45) is 0. The number of aryl methyl sites for hydroxylation is 2. The van der Waals surface area contributed by atoms with Gasteiger partial charge in [0.25, 0.3) is 0 Å². The molecule has 1 unspecified atom stereocenters. The Morgan fingerprint density at radius 1 is 1.10 bits per heavy atom. The molecule has 4 heteroatoms. The van der Waals surface area contributed by atoms with E-state index in [0.717, 1.165) is 12.2 Å². The predicted octanol–water partition coefficient (Wildman–Crippen LogP) is 2.80. The summed E-state index contributed by atoms with van der Waals surface area (Å²) < 4.78 is 5.06. The summed E-state index contributed by atoms with van der Waals surface area (Å²) >= 11 is 0. The molecule has 0 aliphatic heterocycles. The zero-order chi connectivity index (χ0) is 14.5. The van der Waals surface area contributed by atoms with Crippen molar-refractivity contribution >= 4 is 0 Å². The number of rotatable bonds is 5. The molecule has 0 bridgehead atoms. The summed E-state index contributed by atoms with van der Waals surface area (Å²) in [7, 11) is 1.59. The molecule has 20 heavy (non-hydrogen) atoms. The van der Waals surface area contributed by atoms with Crippen LogP contribution in [0.25, 0.3) is 0 Å². The molecule has 0 aliphatic carbocycles. The topological polar surface area (TPSA) is 47.0 Å². The lowest BCUT2D eigenvalue weighted by molar-refractivity contribution is 0.390. The van der Waals surface area contributed by atoms with Crippen LogP contribution in [0.4, 0.5) is 0 Å². The average Bonchev–Trinajstić information content (AvgIpc) is 2.44. The van der Waals surface area contributed by atoms with Gasteiger partial charge in [0.05, 0.1) is 18.8 Å². The smallest absolute Gasteiger partial charge is 0.233 e. The number of hydrogen-bond acceptors (Lipinski definition) is 4.